The number of Topliss-reactive ketones (excluding diaryl/α,β-unsaturated/α-hetero) is 1. The lowest BCUT2D eigenvalue weighted by Crippen LogP contribution is -1.93. The molecule has 0 aliphatic carbocycles. The molecule has 2 aromatic rings. The standard InChI is InChI=1S/C15H13ClO3/c1-10(18)12-4-7-15(14(16)8-12)19-13-5-2-11(9-17)3-6-13/h2-8,17H,9H2,1H3. The van der Waals surface area contributed by atoms with Gasteiger partial charge in [0.2, 0.25) is 0 Å². The Balaban J connectivity index is 2.20. The predicted molar refractivity (Wildman–Crippen MR) is 73.9 cm³/mol. The van der Waals surface area contributed by atoms with Crippen molar-refractivity contribution >= 4 is 17.4 Å². The summed E-state index contributed by atoms with van der Waals surface area (Å²) in [4.78, 5) is 11.2. The Labute approximate surface area is 116 Å². The number of hydrogen-bond donors (Lipinski definition) is 1. The van der Waals surface area contributed by atoms with Crippen LogP contribution in [0.4, 0.5) is 0 Å². The second-order valence-corrected chi connectivity index (χ2v) is 4.51. The number of aliphatic hydroxyl groups excluding tert-OH is 1. The highest BCUT2D eigenvalue weighted by Gasteiger charge is 2.07. The van der Waals surface area contributed by atoms with Gasteiger partial charge in [-0.25, -0.2) is 0 Å². The molecule has 0 saturated carbocycles. The molecular formula is C15H13ClO3. The van der Waals surface area contributed by atoms with Gasteiger partial charge in [-0.05, 0) is 42.8 Å². The van der Waals surface area contributed by atoms with E-state index in [4.69, 9.17) is 21.4 Å². The first-order valence-electron chi connectivity index (χ1n) is 5.78. The van der Waals surface area contributed by atoms with E-state index in [1.165, 1.54) is 6.92 Å². The van der Waals surface area contributed by atoms with Crippen LogP contribution in [-0.4, -0.2) is 10.9 Å². The summed E-state index contributed by atoms with van der Waals surface area (Å²) >= 11 is 6.06. The van der Waals surface area contributed by atoms with Crippen LogP contribution in [0, 0.1) is 0 Å². The van der Waals surface area contributed by atoms with Crippen molar-refractivity contribution in [1.29, 1.82) is 0 Å². The van der Waals surface area contributed by atoms with Gasteiger partial charge in [0, 0.05) is 5.56 Å². The number of hydrogen-bond acceptors (Lipinski definition) is 3. The van der Waals surface area contributed by atoms with Crippen LogP contribution >= 0.6 is 11.6 Å². The minimum Gasteiger partial charge on any atom is -0.456 e. The fraction of sp³-hybridized carbons (Fsp3) is 0.133. The highest BCUT2D eigenvalue weighted by molar-refractivity contribution is 6.32. The Kier molecular flexibility index (Phi) is 4.20. The summed E-state index contributed by atoms with van der Waals surface area (Å²) in [5, 5.41) is 9.34. The first kappa shape index (κ1) is 13.6. The summed E-state index contributed by atoms with van der Waals surface area (Å²) < 4.78 is 5.62. The van der Waals surface area contributed by atoms with E-state index in [2.05, 4.69) is 0 Å². The third-order valence-electron chi connectivity index (χ3n) is 2.67. The molecular weight excluding hydrogens is 264 g/mol. The topological polar surface area (TPSA) is 46.5 Å². The first-order valence-corrected chi connectivity index (χ1v) is 6.16. The summed E-state index contributed by atoms with van der Waals surface area (Å²) in [5.41, 5.74) is 1.36. The van der Waals surface area contributed by atoms with Crippen LogP contribution in [0.3, 0.4) is 0 Å². The van der Waals surface area contributed by atoms with E-state index < -0.39 is 0 Å². The van der Waals surface area contributed by atoms with Crippen LogP contribution in [0.15, 0.2) is 42.5 Å². The van der Waals surface area contributed by atoms with Crippen molar-refractivity contribution in [3.05, 3.63) is 58.6 Å². The Morgan fingerprint density at radius 2 is 1.89 bits per heavy atom. The molecule has 0 aliphatic rings. The van der Waals surface area contributed by atoms with E-state index in [1.807, 2.05) is 0 Å². The van der Waals surface area contributed by atoms with Gasteiger partial charge >= 0.3 is 0 Å². The fourth-order valence-electron chi connectivity index (χ4n) is 1.59. The summed E-state index contributed by atoms with van der Waals surface area (Å²) in [6, 6.07) is 12.0. The number of ketones is 1. The van der Waals surface area contributed by atoms with E-state index in [-0.39, 0.29) is 12.4 Å². The van der Waals surface area contributed by atoms with Gasteiger partial charge in [0.05, 0.1) is 11.6 Å². The van der Waals surface area contributed by atoms with Gasteiger partial charge in [-0.1, -0.05) is 23.7 Å². The van der Waals surface area contributed by atoms with Crippen molar-refractivity contribution in [2.45, 2.75) is 13.5 Å². The largest absolute Gasteiger partial charge is 0.456 e. The molecule has 0 aliphatic heterocycles. The van der Waals surface area contributed by atoms with E-state index in [1.54, 1.807) is 42.5 Å². The molecule has 4 heteroatoms. The van der Waals surface area contributed by atoms with Gasteiger partial charge in [-0.15, -0.1) is 0 Å². The number of carbonyl (C=O) groups excluding carboxylic acids is 1. The molecule has 0 fully saturated rings. The zero-order valence-electron chi connectivity index (χ0n) is 10.4. The minimum absolute atomic E-state index is 0.00561. The van der Waals surface area contributed by atoms with Gasteiger partial charge in [-0.3, -0.25) is 4.79 Å². The van der Waals surface area contributed by atoms with Gasteiger partial charge in [0.1, 0.15) is 11.5 Å². The monoisotopic (exact) mass is 276 g/mol. The third-order valence-corrected chi connectivity index (χ3v) is 2.97. The number of rotatable bonds is 4. The normalized spacial score (nSPS) is 10.3. The zero-order valence-corrected chi connectivity index (χ0v) is 11.1. The molecule has 2 aromatic carbocycles. The number of carbonyl (C=O) groups is 1. The SMILES string of the molecule is CC(=O)c1ccc(Oc2ccc(CO)cc2)c(Cl)c1. The Morgan fingerprint density at radius 3 is 2.42 bits per heavy atom. The Morgan fingerprint density at radius 1 is 1.21 bits per heavy atom. The van der Waals surface area contributed by atoms with Gasteiger partial charge < -0.3 is 9.84 Å². The number of benzene rings is 2. The molecule has 0 saturated heterocycles. The molecule has 0 bridgehead atoms. The van der Waals surface area contributed by atoms with Crippen molar-refractivity contribution in [1.82, 2.24) is 0 Å². The van der Waals surface area contributed by atoms with E-state index in [0.29, 0.717) is 22.1 Å². The van der Waals surface area contributed by atoms with Gasteiger partial charge in [0.15, 0.2) is 5.78 Å². The Hall–Kier alpha value is -1.84. The molecule has 0 heterocycles. The molecule has 0 unspecified atom stereocenters. The minimum atomic E-state index is -0.0410. The summed E-state index contributed by atoms with van der Waals surface area (Å²) in [5.74, 6) is 1.07. The Bertz CT molecular complexity index is 591. The lowest BCUT2D eigenvalue weighted by atomic mass is 10.1. The molecule has 0 radical (unpaired) electrons. The maximum absolute atomic E-state index is 11.2. The predicted octanol–water partition coefficient (Wildman–Crippen LogP) is 3.83. The van der Waals surface area contributed by atoms with Crippen LogP contribution in [0.25, 0.3) is 0 Å². The molecule has 0 amide bonds. The number of halogens is 1. The van der Waals surface area contributed by atoms with E-state index >= 15 is 0 Å². The second kappa shape index (κ2) is 5.87. The molecule has 1 N–H and O–H groups in total. The van der Waals surface area contributed by atoms with Crippen LogP contribution in [0.1, 0.15) is 22.8 Å². The average molecular weight is 277 g/mol. The maximum atomic E-state index is 11.2. The van der Waals surface area contributed by atoms with Gasteiger partial charge in [-0.2, -0.15) is 0 Å². The van der Waals surface area contributed by atoms with Gasteiger partial charge in [0.25, 0.3) is 0 Å². The molecule has 2 rings (SSSR count). The smallest absolute Gasteiger partial charge is 0.159 e. The highest BCUT2D eigenvalue weighted by atomic mass is 35.5. The lowest BCUT2D eigenvalue weighted by Gasteiger charge is -2.08. The average Bonchev–Trinajstić information content (AvgIpc) is 2.41. The zero-order chi connectivity index (χ0) is 13.8. The van der Waals surface area contributed by atoms with Crippen LogP contribution in [0.2, 0.25) is 5.02 Å². The molecule has 0 atom stereocenters. The van der Waals surface area contributed by atoms with Crippen LogP contribution in [0.5, 0.6) is 11.5 Å². The van der Waals surface area contributed by atoms with Crippen molar-refractivity contribution < 1.29 is 14.6 Å². The molecule has 0 spiro atoms. The van der Waals surface area contributed by atoms with E-state index in [9.17, 15) is 4.79 Å². The second-order valence-electron chi connectivity index (χ2n) is 4.11. The van der Waals surface area contributed by atoms with Crippen molar-refractivity contribution in [3.8, 4) is 11.5 Å². The number of ether oxygens (including phenoxy) is 1. The molecule has 0 aromatic heterocycles. The number of aliphatic hydroxyl groups is 1. The fourth-order valence-corrected chi connectivity index (χ4v) is 1.81. The lowest BCUT2D eigenvalue weighted by molar-refractivity contribution is 0.101. The maximum Gasteiger partial charge on any atom is 0.159 e. The summed E-state index contributed by atoms with van der Waals surface area (Å²) in [6.45, 7) is 1.48. The van der Waals surface area contributed by atoms with Crippen molar-refractivity contribution in [3.63, 3.8) is 0 Å². The quantitative estimate of drug-likeness (QED) is 0.864. The van der Waals surface area contributed by atoms with Crippen molar-refractivity contribution in [2.24, 2.45) is 0 Å². The first-order chi connectivity index (χ1) is 9.10. The van der Waals surface area contributed by atoms with E-state index in [0.717, 1.165) is 5.56 Å². The molecule has 19 heavy (non-hydrogen) atoms. The highest BCUT2D eigenvalue weighted by Crippen LogP contribution is 2.30. The summed E-state index contributed by atoms with van der Waals surface area (Å²) in [6.07, 6.45) is 0. The molecule has 3 nitrogen and oxygen atoms in total. The van der Waals surface area contributed by atoms with Crippen LogP contribution in [-0.2, 0) is 6.61 Å². The third kappa shape index (κ3) is 3.34. The molecule has 98 valence electrons. The van der Waals surface area contributed by atoms with Crippen LogP contribution < -0.4 is 4.74 Å². The summed E-state index contributed by atoms with van der Waals surface area (Å²) in [7, 11) is 0. The van der Waals surface area contributed by atoms with Crippen molar-refractivity contribution in [2.75, 3.05) is 0 Å².